The van der Waals surface area contributed by atoms with E-state index in [0.717, 1.165) is 23.4 Å². The molecule has 0 radical (unpaired) electrons. The maximum atomic E-state index is 13.7. The zero-order chi connectivity index (χ0) is 14.5. The summed E-state index contributed by atoms with van der Waals surface area (Å²) in [6, 6.07) is 11.2. The average Bonchev–Trinajstić information content (AvgIpc) is 2.44. The Morgan fingerprint density at radius 1 is 1.25 bits per heavy atom. The summed E-state index contributed by atoms with van der Waals surface area (Å²) in [7, 11) is 0. The Hall–Kier alpha value is -1.74. The molecule has 0 aliphatic heterocycles. The van der Waals surface area contributed by atoms with Crippen LogP contribution in [0.15, 0.2) is 42.6 Å². The third kappa shape index (κ3) is 3.42. The third-order valence-electron chi connectivity index (χ3n) is 3.50. The zero-order valence-corrected chi connectivity index (χ0v) is 12.2. The van der Waals surface area contributed by atoms with Crippen molar-refractivity contribution in [2.24, 2.45) is 0 Å². The van der Waals surface area contributed by atoms with Crippen LogP contribution in [0.4, 0.5) is 4.39 Å². The van der Waals surface area contributed by atoms with Gasteiger partial charge in [-0.25, -0.2) is 4.39 Å². The second-order valence-electron chi connectivity index (χ2n) is 5.14. The molecule has 0 aliphatic rings. The van der Waals surface area contributed by atoms with Gasteiger partial charge in [0.25, 0.3) is 0 Å². The van der Waals surface area contributed by atoms with E-state index in [4.69, 9.17) is 0 Å². The van der Waals surface area contributed by atoms with Crippen molar-refractivity contribution in [2.45, 2.75) is 32.7 Å². The van der Waals surface area contributed by atoms with E-state index in [1.165, 1.54) is 0 Å². The van der Waals surface area contributed by atoms with Crippen molar-refractivity contribution >= 4 is 0 Å². The van der Waals surface area contributed by atoms with E-state index in [9.17, 15) is 4.39 Å². The Balaban J connectivity index is 2.35. The maximum Gasteiger partial charge on any atom is 0.123 e. The van der Waals surface area contributed by atoms with Gasteiger partial charge in [0, 0.05) is 23.9 Å². The minimum absolute atomic E-state index is 0.0595. The Morgan fingerprint density at radius 3 is 2.65 bits per heavy atom. The predicted octanol–water partition coefficient (Wildman–Crippen LogP) is 3.98. The van der Waals surface area contributed by atoms with Gasteiger partial charge in [0.15, 0.2) is 0 Å². The number of benzene rings is 1. The number of hydrogen-bond donors (Lipinski definition) is 1. The zero-order valence-electron chi connectivity index (χ0n) is 12.2. The van der Waals surface area contributed by atoms with Crippen LogP contribution in [0.3, 0.4) is 0 Å². The Kier molecular flexibility index (Phi) is 4.85. The molecule has 2 aromatic rings. The first-order valence-electron chi connectivity index (χ1n) is 7.03. The van der Waals surface area contributed by atoms with E-state index < -0.39 is 0 Å². The van der Waals surface area contributed by atoms with Crippen LogP contribution < -0.4 is 5.32 Å². The molecule has 20 heavy (non-hydrogen) atoms. The van der Waals surface area contributed by atoms with Gasteiger partial charge in [-0.15, -0.1) is 0 Å². The molecule has 2 atom stereocenters. The van der Waals surface area contributed by atoms with E-state index >= 15 is 0 Å². The molecule has 2 unspecified atom stereocenters. The number of nitrogens with zero attached hydrogens (tertiary/aromatic N) is 1. The third-order valence-corrected chi connectivity index (χ3v) is 3.50. The Labute approximate surface area is 120 Å². The highest BCUT2D eigenvalue weighted by molar-refractivity contribution is 5.29. The van der Waals surface area contributed by atoms with Crippen molar-refractivity contribution in [1.82, 2.24) is 10.3 Å². The number of nitrogens with one attached hydrogen (secondary N) is 1. The molecular weight excluding hydrogens is 251 g/mol. The molecule has 0 saturated carbocycles. The standard InChI is InChI=1S/C17H21FN2/c1-4-19-17(13(3)16-7-5-6-8-20-16)14-9-12(2)10-15(18)11-14/h5-11,13,17,19H,4H2,1-3H3. The van der Waals surface area contributed by atoms with Gasteiger partial charge in [0.1, 0.15) is 5.82 Å². The highest BCUT2D eigenvalue weighted by Crippen LogP contribution is 2.30. The molecule has 1 aromatic heterocycles. The van der Waals surface area contributed by atoms with E-state index in [-0.39, 0.29) is 17.8 Å². The lowest BCUT2D eigenvalue weighted by molar-refractivity contribution is 0.469. The summed E-state index contributed by atoms with van der Waals surface area (Å²) in [4.78, 5) is 4.42. The Bertz CT molecular complexity index is 534. The van der Waals surface area contributed by atoms with Crippen molar-refractivity contribution in [1.29, 1.82) is 0 Å². The molecular formula is C17H21FN2. The van der Waals surface area contributed by atoms with Crippen molar-refractivity contribution in [2.75, 3.05) is 6.54 Å². The minimum atomic E-state index is -0.184. The monoisotopic (exact) mass is 272 g/mol. The van der Waals surface area contributed by atoms with Crippen LogP contribution in [0.25, 0.3) is 0 Å². The van der Waals surface area contributed by atoms with Gasteiger partial charge < -0.3 is 5.32 Å². The van der Waals surface area contributed by atoms with Crippen LogP contribution in [-0.2, 0) is 0 Å². The SMILES string of the molecule is CCNC(c1cc(C)cc(F)c1)C(C)c1ccccn1. The second kappa shape index (κ2) is 6.62. The van der Waals surface area contributed by atoms with Gasteiger partial charge in [-0.2, -0.15) is 0 Å². The lowest BCUT2D eigenvalue weighted by Crippen LogP contribution is -2.26. The lowest BCUT2D eigenvalue weighted by Gasteiger charge is -2.25. The predicted molar refractivity (Wildman–Crippen MR) is 80.2 cm³/mol. The van der Waals surface area contributed by atoms with E-state index in [0.29, 0.717) is 0 Å². The van der Waals surface area contributed by atoms with Crippen molar-refractivity contribution in [3.05, 3.63) is 65.2 Å². The summed E-state index contributed by atoms with van der Waals surface area (Å²) >= 11 is 0. The molecule has 0 aliphatic carbocycles. The fourth-order valence-corrected chi connectivity index (χ4v) is 2.56. The van der Waals surface area contributed by atoms with Crippen molar-refractivity contribution < 1.29 is 4.39 Å². The summed E-state index contributed by atoms with van der Waals surface area (Å²) in [5, 5.41) is 3.44. The average molecular weight is 272 g/mol. The number of likely N-dealkylation sites (N-methyl/N-ethyl adjacent to an activating group) is 1. The highest BCUT2D eigenvalue weighted by atomic mass is 19.1. The summed E-state index contributed by atoms with van der Waals surface area (Å²) in [5.41, 5.74) is 2.93. The number of rotatable bonds is 5. The molecule has 3 heteroatoms. The molecule has 0 saturated heterocycles. The molecule has 0 spiro atoms. The fourth-order valence-electron chi connectivity index (χ4n) is 2.56. The molecule has 1 aromatic carbocycles. The Morgan fingerprint density at radius 2 is 2.05 bits per heavy atom. The first-order chi connectivity index (χ1) is 9.61. The quantitative estimate of drug-likeness (QED) is 0.890. The van der Waals surface area contributed by atoms with Gasteiger partial charge in [-0.05, 0) is 48.9 Å². The molecule has 1 heterocycles. The molecule has 1 N–H and O–H groups in total. The minimum Gasteiger partial charge on any atom is -0.310 e. The summed E-state index contributed by atoms with van der Waals surface area (Å²) < 4.78 is 13.7. The fraction of sp³-hybridized carbons (Fsp3) is 0.353. The lowest BCUT2D eigenvalue weighted by atomic mass is 9.90. The maximum absolute atomic E-state index is 13.7. The van der Waals surface area contributed by atoms with E-state index in [2.05, 4.69) is 24.1 Å². The first kappa shape index (κ1) is 14.7. The van der Waals surface area contributed by atoms with Gasteiger partial charge in [-0.1, -0.05) is 26.0 Å². The highest BCUT2D eigenvalue weighted by Gasteiger charge is 2.21. The van der Waals surface area contributed by atoms with E-state index in [1.54, 1.807) is 18.3 Å². The number of aromatic nitrogens is 1. The molecule has 106 valence electrons. The number of hydrogen-bond acceptors (Lipinski definition) is 2. The molecule has 0 fully saturated rings. The van der Waals surface area contributed by atoms with Crippen molar-refractivity contribution in [3.8, 4) is 0 Å². The molecule has 2 nitrogen and oxygen atoms in total. The first-order valence-corrected chi connectivity index (χ1v) is 7.03. The smallest absolute Gasteiger partial charge is 0.123 e. The second-order valence-corrected chi connectivity index (χ2v) is 5.14. The van der Waals surface area contributed by atoms with Crippen LogP contribution in [-0.4, -0.2) is 11.5 Å². The van der Waals surface area contributed by atoms with Gasteiger partial charge >= 0.3 is 0 Å². The van der Waals surface area contributed by atoms with Gasteiger partial charge in [0.05, 0.1) is 0 Å². The molecule has 0 amide bonds. The summed E-state index contributed by atoms with van der Waals surface area (Å²) in [5.74, 6) is -0.00604. The van der Waals surface area contributed by atoms with Gasteiger partial charge in [-0.3, -0.25) is 4.98 Å². The van der Waals surface area contributed by atoms with Crippen molar-refractivity contribution in [3.63, 3.8) is 0 Å². The number of aryl methyl sites for hydroxylation is 1. The molecule has 2 rings (SSSR count). The van der Waals surface area contributed by atoms with Crippen LogP contribution in [0.5, 0.6) is 0 Å². The summed E-state index contributed by atoms with van der Waals surface area (Å²) in [6.45, 7) is 6.93. The van der Waals surface area contributed by atoms with Crippen LogP contribution in [0.2, 0.25) is 0 Å². The molecule has 0 bridgehead atoms. The van der Waals surface area contributed by atoms with Gasteiger partial charge in [0.2, 0.25) is 0 Å². The van der Waals surface area contributed by atoms with E-state index in [1.807, 2.05) is 31.2 Å². The number of pyridine rings is 1. The van der Waals surface area contributed by atoms with Crippen LogP contribution in [0.1, 0.15) is 42.6 Å². The number of halogens is 1. The topological polar surface area (TPSA) is 24.9 Å². The largest absolute Gasteiger partial charge is 0.310 e. The summed E-state index contributed by atoms with van der Waals surface area (Å²) in [6.07, 6.45) is 1.80. The normalized spacial score (nSPS) is 14.0. The van der Waals surface area contributed by atoms with Crippen LogP contribution >= 0.6 is 0 Å². The van der Waals surface area contributed by atoms with Crippen LogP contribution in [0, 0.1) is 12.7 Å².